The van der Waals surface area contributed by atoms with Gasteiger partial charge in [-0.2, -0.15) is 4.37 Å². The van der Waals surface area contributed by atoms with Gasteiger partial charge in [0.2, 0.25) is 5.13 Å². The molecule has 1 aromatic heterocycles. The molecule has 14 heavy (non-hydrogen) atoms. The minimum Gasteiger partial charge on any atom is -0.396 e. The van der Waals surface area contributed by atoms with Crippen molar-refractivity contribution >= 4 is 16.7 Å². The fourth-order valence-corrected chi connectivity index (χ4v) is 2.64. The van der Waals surface area contributed by atoms with Crippen LogP contribution in [-0.2, 0) is 0 Å². The lowest BCUT2D eigenvalue weighted by molar-refractivity contribution is 0.279. The van der Waals surface area contributed by atoms with Crippen LogP contribution in [-0.4, -0.2) is 33.7 Å². The zero-order chi connectivity index (χ0) is 9.80. The first kappa shape index (κ1) is 9.86. The number of aliphatic hydroxyl groups excluding tert-OH is 1. The van der Waals surface area contributed by atoms with Gasteiger partial charge in [-0.3, -0.25) is 0 Å². The van der Waals surface area contributed by atoms with Gasteiger partial charge in [-0.15, -0.1) is 0 Å². The second kappa shape index (κ2) is 4.70. The molecule has 78 valence electrons. The molecule has 2 heterocycles. The Bertz CT molecular complexity index is 265. The zero-order valence-corrected chi connectivity index (χ0v) is 8.91. The van der Waals surface area contributed by atoms with Crippen LogP contribution in [0.2, 0.25) is 0 Å². The molecule has 0 radical (unpaired) electrons. The van der Waals surface area contributed by atoms with Crippen LogP contribution >= 0.6 is 11.5 Å². The van der Waals surface area contributed by atoms with Crippen LogP contribution in [0.5, 0.6) is 0 Å². The first-order valence-electron chi connectivity index (χ1n) is 5.06. The average molecular weight is 213 g/mol. The van der Waals surface area contributed by atoms with Crippen LogP contribution in [0.3, 0.4) is 0 Å². The Morgan fingerprint density at radius 2 is 2.57 bits per heavy atom. The molecular formula is C9H15N3OS. The van der Waals surface area contributed by atoms with E-state index in [9.17, 15) is 0 Å². The Morgan fingerprint density at radius 1 is 1.64 bits per heavy atom. The van der Waals surface area contributed by atoms with Gasteiger partial charge >= 0.3 is 0 Å². The van der Waals surface area contributed by atoms with E-state index in [0.717, 1.165) is 24.5 Å². The lowest BCUT2D eigenvalue weighted by atomic mass is 10.1. The summed E-state index contributed by atoms with van der Waals surface area (Å²) >= 11 is 1.46. The highest BCUT2D eigenvalue weighted by Crippen LogP contribution is 2.28. The maximum atomic E-state index is 8.80. The monoisotopic (exact) mass is 213 g/mol. The van der Waals surface area contributed by atoms with E-state index >= 15 is 0 Å². The van der Waals surface area contributed by atoms with Gasteiger partial charge in [-0.25, -0.2) is 4.98 Å². The summed E-state index contributed by atoms with van der Waals surface area (Å²) in [5.41, 5.74) is 0. The molecule has 1 unspecified atom stereocenters. The number of nitrogens with zero attached hydrogens (tertiary/aromatic N) is 3. The number of hydrogen-bond acceptors (Lipinski definition) is 5. The molecule has 1 aromatic rings. The largest absolute Gasteiger partial charge is 0.396 e. The van der Waals surface area contributed by atoms with Gasteiger partial charge in [0.15, 0.2) is 0 Å². The number of anilines is 1. The minimum absolute atomic E-state index is 0.292. The van der Waals surface area contributed by atoms with Gasteiger partial charge in [-0.05, 0) is 25.7 Å². The summed E-state index contributed by atoms with van der Waals surface area (Å²) in [6.45, 7) is 1.38. The normalized spacial score (nSPS) is 21.8. The van der Waals surface area contributed by atoms with E-state index in [2.05, 4.69) is 14.3 Å². The summed E-state index contributed by atoms with van der Waals surface area (Å²) in [6, 6.07) is 0.565. The highest BCUT2D eigenvalue weighted by atomic mass is 32.1. The smallest absolute Gasteiger partial charge is 0.205 e. The van der Waals surface area contributed by atoms with Gasteiger partial charge < -0.3 is 10.0 Å². The highest BCUT2D eigenvalue weighted by molar-refractivity contribution is 7.09. The molecule has 0 amide bonds. The minimum atomic E-state index is 0.292. The van der Waals surface area contributed by atoms with Crippen LogP contribution in [0.15, 0.2) is 6.33 Å². The molecule has 0 saturated carbocycles. The zero-order valence-electron chi connectivity index (χ0n) is 8.09. The molecule has 1 aliphatic rings. The first-order valence-corrected chi connectivity index (χ1v) is 5.83. The van der Waals surface area contributed by atoms with Gasteiger partial charge in [0.05, 0.1) is 0 Å². The molecule has 1 N–H and O–H groups in total. The fraction of sp³-hybridized carbons (Fsp3) is 0.778. The molecule has 1 fully saturated rings. The van der Waals surface area contributed by atoms with Crippen molar-refractivity contribution in [2.24, 2.45) is 0 Å². The third kappa shape index (κ3) is 2.04. The Morgan fingerprint density at radius 3 is 3.29 bits per heavy atom. The van der Waals surface area contributed by atoms with Crippen LogP contribution in [0.25, 0.3) is 0 Å². The Labute approximate surface area is 87.8 Å². The predicted molar refractivity (Wildman–Crippen MR) is 56.6 cm³/mol. The van der Waals surface area contributed by atoms with E-state index in [1.54, 1.807) is 6.33 Å². The highest BCUT2D eigenvalue weighted by Gasteiger charge is 2.25. The van der Waals surface area contributed by atoms with Crippen molar-refractivity contribution in [3.05, 3.63) is 6.33 Å². The summed E-state index contributed by atoms with van der Waals surface area (Å²) < 4.78 is 4.02. The van der Waals surface area contributed by atoms with Crippen LogP contribution in [0.1, 0.15) is 25.7 Å². The molecular weight excluding hydrogens is 198 g/mol. The topological polar surface area (TPSA) is 49.2 Å². The molecule has 2 rings (SSSR count). The molecule has 0 bridgehead atoms. The van der Waals surface area contributed by atoms with E-state index in [4.69, 9.17) is 5.11 Å². The molecule has 0 spiro atoms. The summed E-state index contributed by atoms with van der Waals surface area (Å²) in [7, 11) is 0. The van der Waals surface area contributed by atoms with Gasteiger partial charge in [-0.1, -0.05) is 0 Å². The van der Waals surface area contributed by atoms with Crippen molar-refractivity contribution in [3.63, 3.8) is 0 Å². The molecule has 1 saturated heterocycles. The van der Waals surface area contributed by atoms with Crippen LogP contribution in [0, 0.1) is 0 Å². The van der Waals surface area contributed by atoms with E-state index in [1.165, 1.54) is 24.4 Å². The molecule has 4 nitrogen and oxygen atoms in total. The van der Waals surface area contributed by atoms with E-state index in [0.29, 0.717) is 12.6 Å². The second-order valence-corrected chi connectivity index (χ2v) is 4.34. The Balaban J connectivity index is 1.97. The number of aliphatic hydroxyl groups is 1. The number of hydrogen-bond donors (Lipinski definition) is 1. The predicted octanol–water partition coefficient (Wildman–Crippen LogP) is 1.28. The SMILES string of the molecule is OCCCC1CCCN1c1ncns1. The summed E-state index contributed by atoms with van der Waals surface area (Å²) in [5.74, 6) is 0. The fourth-order valence-electron chi connectivity index (χ4n) is 2.01. The van der Waals surface area contributed by atoms with Crippen molar-refractivity contribution in [2.75, 3.05) is 18.1 Å². The van der Waals surface area contributed by atoms with Gasteiger partial charge in [0.25, 0.3) is 0 Å². The standard InChI is InChI=1S/C9H15N3OS/c13-6-2-4-8-3-1-5-12(8)9-10-7-11-14-9/h7-8,13H,1-6H2. The van der Waals surface area contributed by atoms with Crippen molar-refractivity contribution in [3.8, 4) is 0 Å². The average Bonchev–Trinajstić information content (AvgIpc) is 2.84. The molecule has 0 aromatic carbocycles. The van der Waals surface area contributed by atoms with Gasteiger partial charge in [0, 0.05) is 30.7 Å². The number of rotatable bonds is 4. The van der Waals surface area contributed by atoms with Crippen molar-refractivity contribution in [1.82, 2.24) is 9.36 Å². The number of aromatic nitrogens is 2. The second-order valence-electron chi connectivity index (χ2n) is 3.58. The van der Waals surface area contributed by atoms with Crippen LogP contribution in [0.4, 0.5) is 5.13 Å². The molecule has 0 aliphatic carbocycles. The summed E-state index contributed by atoms with van der Waals surface area (Å²) in [6.07, 6.45) is 6.02. The lowest BCUT2D eigenvalue weighted by Gasteiger charge is -2.23. The Hall–Kier alpha value is -0.680. The van der Waals surface area contributed by atoms with Crippen molar-refractivity contribution < 1.29 is 5.11 Å². The van der Waals surface area contributed by atoms with Crippen molar-refractivity contribution in [2.45, 2.75) is 31.7 Å². The van der Waals surface area contributed by atoms with Crippen LogP contribution < -0.4 is 4.90 Å². The summed E-state index contributed by atoms with van der Waals surface area (Å²) in [5, 5.41) is 9.83. The van der Waals surface area contributed by atoms with E-state index in [1.807, 2.05) is 0 Å². The molecule has 1 aliphatic heterocycles. The van der Waals surface area contributed by atoms with Gasteiger partial charge in [0.1, 0.15) is 6.33 Å². The first-order chi connectivity index (χ1) is 6.92. The van der Waals surface area contributed by atoms with E-state index < -0.39 is 0 Å². The molecule has 1 atom stereocenters. The Kier molecular flexibility index (Phi) is 3.31. The third-order valence-electron chi connectivity index (χ3n) is 2.67. The lowest BCUT2D eigenvalue weighted by Crippen LogP contribution is -2.29. The molecule has 5 heteroatoms. The third-order valence-corrected chi connectivity index (χ3v) is 3.37. The summed E-state index contributed by atoms with van der Waals surface area (Å²) in [4.78, 5) is 6.55. The maximum absolute atomic E-state index is 8.80. The van der Waals surface area contributed by atoms with Crippen molar-refractivity contribution in [1.29, 1.82) is 0 Å². The van der Waals surface area contributed by atoms with E-state index in [-0.39, 0.29) is 0 Å². The maximum Gasteiger partial charge on any atom is 0.205 e. The quantitative estimate of drug-likeness (QED) is 0.818.